The van der Waals surface area contributed by atoms with Crippen molar-refractivity contribution in [2.45, 2.75) is 31.8 Å². The number of amides is 1. The van der Waals surface area contributed by atoms with Gasteiger partial charge in [-0.05, 0) is 31.9 Å². The molecule has 2 heterocycles. The number of aliphatic carboxylic acids is 1. The highest BCUT2D eigenvalue weighted by Crippen LogP contribution is 2.31. The molecule has 1 fully saturated rings. The van der Waals surface area contributed by atoms with Gasteiger partial charge in [-0.15, -0.1) is 0 Å². The molecule has 1 aliphatic rings. The van der Waals surface area contributed by atoms with Crippen molar-refractivity contribution in [3.8, 4) is 0 Å². The number of aromatic nitrogens is 2. The molecular weight excluding hydrogens is 278 g/mol. The number of hydrogen-bond donors (Lipinski definition) is 1. The van der Waals surface area contributed by atoms with E-state index in [4.69, 9.17) is 5.11 Å². The minimum atomic E-state index is -0.996. The van der Waals surface area contributed by atoms with Gasteiger partial charge in [0.2, 0.25) is 0 Å². The molecule has 1 aliphatic carbocycles. The Morgan fingerprint density at radius 1 is 1.50 bits per heavy atom. The number of thiazole rings is 1. The fourth-order valence-electron chi connectivity index (χ4n) is 2.10. The zero-order valence-corrected chi connectivity index (χ0v) is 11.6. The summed E-state index contributed by atoms with van der Waals surface area (Å²) in [5.41, 5.74) is 0.666. The molecule has 0 spiro atoms. The zero-order chi connectivity index (χ0) is 14.3. The van der Waals surface area contributed by atoms with E-state index in [1.165, 1.54) is 23.2 Å². The first-order chi connectivity index (χ1) is 9.58. The third-order valence-corrected chi connectivity index (χ3v) is 4.27. The first-order valence-corrected chi connectivity index (χ1v) is 7.16. The van der Waals surface area contributed by atoms with Crippen molar-refractivity contribution in [3.05, 3.63) is 23.3 Å². The maximum absolute atomic E-state index is 12.5. The van der Waals surface area contributed by atoms with Crippen LogP contribution in [0.25, 0.3) is 10.3 Å². The van der Waals surface area contributed by atoms with E-state index >= 15 is 0 Å². The fraction of sp³-hybridized carbons (Fsp3) is 0.385. The molecule has 1 amide bonds. The molecule has 1 unspecified atom stereocenters. The molecule has 0 saturated heterocycles. The van der Waals surface area contributed by atoms with E-state index in [0.29, 0.717) is 15.4 Å². The average molecular weight is 291 g/mol. The van der Waals surface area contributed by atoms with Crippen molar-refractivity contribution in [2.75, 3.05) is 0 Å². The van der Waals surface area contributed by atoms with Crippen molar-refractivity contribution in [1.82, 2.24) is 14.9 Å². The lowest BCUT2D eigenvalue weighted by Crippen LogP contribution is -2.44. The van der Waals surface area contributed by atoms with Gasteiger partial charge >= 0.3 is 5.97 Å². The van der Waals surface area contributed by atoms with Gasteiger partial charge in [-0.3, -0.25) is 4.79 Å². The number of rotatable bonds is 4. The van der Waals surface area contributed by atoms with E-state index in [9.17, 15) is 9.59 Å². The molecule has 1 saturated carbocycles. The van der Waals surface area contributed by atoms with Gasteiger partial charge in [-0.2, -0.15) is 0 Å². The van der Waals surface area contributed by atoms with E-state index in [2.05, 4.69) is 9.97 Å². The molecular formula is C13H13N3O3S. The number of carboxylic acid groups (broad SMARTS) is 1. The minimum absolute atomic E-state index is 0.0218. The lowest BCUT2D eigenvalue weighted by Gasteiger charge is -2.25. The Morgan fingerprint density at radius 2 is 2.25 bits per heavy atom. The summed E-state index contributed by atoms with van der Waals surface area (Å²) in [4.78, 5) is 34.2. The van der Waals surface area contributed by atoms with Gasteiger partial charge in [0.1, 0.15) is 16.4 Å². The lowest BCUT2D eigenvalue weighted by molar-refractivity contribution is -0.141. The molecule has 0 aliphatic heterocycles. The van der Waals surface area contributed by atoms with Crippen molar-refractivity contribution in [1.29, 1.82) is 0 Å². The van der Waals surface area contributed by atoms with Gasteiger partial charge in [0, 0.05) is 12.2 Å². The summed E-state index contributed by atoms with van der Waals surface area (Å²) >= 11 is 1.20. The summed E-state index contributed by atoms with van der Waals surface area (Å²) in [6.45, 7) is 1.53. The zero-order valence-electron chi connectivity index (χ0n) is 10.8. The Labute approximate surface area is 119 Å². The van der Waals surface area contributed by atoms with Crippen molar-refractivity contribution in [2.24, 2.45) is 0 Å². The second-order valence-electron chi connectivity index (χ2n) is 4.80. The highest BCUT2D eigenvalue weighted by atomic mass is 32.1. The van der Waals surface area contributed by atoms with Crippen LogP contribution in [-0.2, 0) is 4.79 Å². The third-order valence-electron chi connectivity index (χ3n) is 3.30. The van der Waals surface area contributed by atoms with Crippen LogP contribution in [0.4, 0.5) is 0 Å². The molecule has 2 aromatic rings. The van der Waals surface area contributed by atoms with Crippen LogP contribution in [0.5, 0.6) is 0 Å². The SMILES string of the molecule is CC(C(=O)O)N(C(=O)c1nc2cccnc2s1)C1CC1. The van der Waals surface area contributed by atoms with Crippen LogP contribution in [0.1, 0.15) is 29.6 Å². The lowest BCUT2D eigenvalue weighted by atomic mass is 10.2. The maximum Gasteiger partial charge on any atom is 0.326 e. The van der Waals surface area contributed by atoms with E-state index in [-0.39, 0.29) is 11.9 Å². The van der Waals surface area contributed by atoms with Crippen molar-refractivity contribution >= 4 is 33.6 Å². The molecule has 7 heteroatoms. The van der Waals surface area contributed by atoms with Gasteiger partial charge in [-0.25, -0.2) is 14.8 Å². The largest absolute Gasteiger partial charge is 0.480 e. The summed E-state index contributed by atoms with van der Waals surface area (Å²) in [6, 6.07) is 2.73. The van der Waals surface area contributed by atoms with Crippen LogP contribution in [0.2, 0.25) is 0 Å². The predicted octanol–water partition coefficient (Wildman–Crippen LogP) is 1.77. The van der Waals surface area contributed by atoms with Gasteiger partial charge < -0.3 is 10.0 Å². The Hall–Kier alpha value is -2.02. The molecule has 3 rings (SSSR count). The molecule has 0 bridgehead atoms. The molecule has 0 radical (unpaired) electrons. The molecule has 104 valence electrons. The van der Waals surface area contributed by atoms with Crippen LogP contribution < -0.4 is 0 Å². The third kappa shape index (κ3) is 2.24. The Kier molecular flexibility index (Phi) is 3.13. The van der Waals surface area contributed by atoms with E-state index in [1.54, 1.807) is 18.3 Å². The number of carboxylic acids is 1. The van der Waals surface area contributed by atoms with E-state index in [0.717, 1.165) is 12.8 Å². The van der Waals surface area contributed by atoms with Gasteiger partial charge in [0.15, 0.2) is 5.01 Å². The number of hydrogen-bond acceptors (Lipinski definition) is 5. The standard InChI is InChI=1S/C13H13N3O3S/c1-7(13(18)19)16(8-4-5-8)12(17)11-15-9-3-2-6-14-10(9)20-11/h2-3,6-8H,4-5H2,1H3,(H,18,19). The minimum Gasteiger partial charge on any atom is -0.480 e. The first kappa shape index (κ1) is 13.0. The monoisotopic (exact) mass is 291 g/mol. The van der Waals surface area contributed by atoms with E-state index < -0.39 is 12.0 Å². The molecule has 1 atom stereocenters. The molecule has 2 aromatic heterocycles. The second kappa shape index (κ2) is 4.82. The van der Waals surface area contributed by atoms with Gasteiger partial charge in [-0.1, -0.05) is 11.3 Å². The molecule has 1 N–H and O–H groups in total. The normalized spacial score (nSPS) is 16.1. The fourth-order valence-corrected chi connectivity index (χ4v) is 2.95. The Balaban J connectivity index is 1.94. The first-order valence-electron chi connectivity index (χ1n) is 6.35. The summed E-state index contributed by atoms with van der Waals surface area (Å²) in [7, 11) is 0. The van der Waals surface area contributed by atoms with Crippen LogP contribution in [-0.4, -0.2) is 43.9 Å². The summed E-state index contributed by atoms with van der Waals surface area (Å²) in [5.74, 6) is -1.31. The maximum atomic E-state index is 12.5. The number of carbonyl (C=O) groups excluding carboxylic acids is 1. The van der Waals surface area contributed by atoms with Crippen LogP contribution in [0, 0.1) is 0 Å². The topological polar surface area (TPSA) is 83.4 Å². The Morgan fingerprint density at radius 3 is 2.85 bits per heavy atom. The summed E-state index contributed by atoms with van der Waals surface area (Å²) < 4.78 is 0. The molecule has 20 heavy (non-hydrogen) atoms. The number of fused-ring (bicyclic) bond motifs is 1. The van der Waals surface area contributed by atoms with Crippen molar-refractivity contribution in [3.63, 3.8) is 0 Å². The predicted molar refractivity (Wildman–Crippen MR) is 73.7 cm³/mol. The average Bonchev–Trinajstić information content (AvgIpc) is 3.16. The number of carbonyl (C=O) groups is 2. The summed E-state index contributed by atoms with van der Waals surface area (Å²) in [5, 5.41) is 9.45. The van der Waals surface area contributed by atoms with E-state index in [1.807, 2.05) is 0 Å². The van der Waals surface area contributed by atoms with Crippen molar-refractivity contribution < 1.29 is 14.7 Å². The highest BCUT2D eigenvalue weighted by Gasteiger charge is 2.39. The Bertz CT molecular complexity index is 647. The van der Waals surface area contributed by atoms with Crippen LogP contribution >= 0.6 is 11.3 Å². The highest BCUT2D eigenvalue weighted by molar-refractivity contribution is 7.19. The van der Waals surface area contributed by atoms with Crippen LogP contribution in [0.3, 0.4) is 0 Å². The number of nitrogens with zero attached hydrogens (tertiary/aromatic N) is 3. The second-order valence-corrected chi connectivity index (χ2v) is 5.78. The smallest absolute Gasteiger partial charge is 0.326 e. The summed E-state index contributed by atoms with van der Waals surface area (Å²) in [6.07, 6.45) is 3.35. The molecule has 0 aromatic carbocycles. The van der Waals surface area contributed by atoms with Crippen LogP contribution in [0.15, 0.2) is 18.3 Å². The quantitative estimate of drug-likeness (QED) is 0.928. The van der Waals surface area contributed by atoms with Gasteiger partial charge in [0.05, 0.1) is 0 Å². The number of pyridine rings is 1. The molecule has 6 nitrogen and oxygen atoms in total. The van der Waals surface area contributed by atoms with Gasteiger partial charge in [0.25, 0.3) is 5.91 Å².